The first kappa shape index (κ1) is 20.5. The van der Waals surface area contributed by atoms with Crippen LogP contribution in [-0.4, -0.2) is 71.6 Å². The van der Waals surface area contributed by atoms with Gasteiger partial charge in [0.2, 0.25) is 5.91 Å². The smallest absolute Gasteiger partial charge is 0.295 e. The minimum Gasteiger partial charge on any atom is -0.358 e. The lowest BCUT2D eigenvalue weighted by molar-refractivity contribution is -0.128. The Hall–Kier alpha value is -3.45. The molecule has 2 aliphatic heterocycles. The fourth-order valence-corrected chi connectivity index (χ4v) is 4.80. The van der Waals surface area contributed by atoms with Crippen molar-refractivity contribution in [3.63, 3.8) is 0 Å². The summed E-state index contributed by atoms with van der Waals surface area (Å²) in [6.45, 7) is 4.90. The van der Waals surface area contributed by atoms with E-state index in [9.17, 15) is 14.4 Å². The van der Waals surface area contributed by atoms with Gasteiger partial charge < -0.3 is 14.8 Å². The van der Waals surface area contributed by atoms with Crippen LogP contribution in [0.25, 0.3) is 10.9 Å². The molecule has 0 radical (unpaired) electrons. The number of rotatable bonds is 4. The zero-order valence-electron chi connectivity index (χ0n) is 18.1. The lowest BCUT2D eigenvalue weighted by Gasteiger charge is -2.34. The van der Waals surface area contributed by atoms with E-state index in [2.05, 4.69) is 16.0 Å². The molecule has 0 atom stereocenters. The van der Waals surface area contributed by atoms with Gasteiger partial charge in [0.05, 0.1) is 12.1 Å². The predicted octanol–water partition coefficient (Wildman–Crippen LogP) is 2.39. The number of nitrogens with zero attached hydrogens (tertiary/aromatic N) is 3. The number of hydrogen-bond acceptors (Lipinski definition) is 4. The lowest BCUT2D eigenvalue weighted by atomic mass is 10.1. The number of ketones is 1. The van der Waals surface area contributed by atoms with Crippen molar-refractivity contribution in [1.29, 1.82) is 0 Å². The van der Waals surface area contributed by atoms with Crippen molar-refractivity contribution in [2.24, 2.45) is 0 Å². The molecule has 1 fully saturated rings. The number of fused-ring (bicyclic) bond motifs is 2. The van der Waals surface area contributed by atoms with Crippen LogP contribution in [-0.2, 0) is 16.0 Å². The molecule has 7 nitrogen and oxygen atoms in total. The largest absolute Gasteiger partial charge is 0.358 e. The van der Waals surface area contributed by atoms with Crippen LogP contribution in [0.1, 0.15) is 21.6 Å². The number of aromatic amines is 1. The van der Waals surface area contributed by atoms with Gasteiger partial charge in [-0.1, -0.05) is 36.4 Å². The van der Waals surface area contributed by atoms with Crippen molar-refractivity contribution in [2.75, 3.05) is 44.2 Å². The number of H-pyrrole nitrogens is 1. The van der Waals surface area contributed by atoms with Gasteiger partial charge in [-0.05, 0) is 31.0 Å². The Morgan fingerprint density at radius 1 is 0.906 bits per heavy atom. The van der Waals surface area contributed by atoms with E-state index in [-0.39, 0.29) is 5.91 Å². The third-order valence-electron chi connectivity index (χ3n) is 6.52. The maximum Gasteiger partial charge on any atom is 0.295 e. The maximum atomic E-state index is 13.0. The van der Waals surface area contributed by atoms with Crippen molar-refractivity contribution in [2.45, 2.75) is 13.3 Å². The van der Waals surface area contributed by atoms with Gasteiger partial charge in [0.1, 0.15) is 0 Å². The van der Waals surface area contributed by atoms with E-state index in [0.717, 1.165) is 29.6 Å². The number of nitrogens with one attached hydrogen (secondary N) is 1. The summed E-state index contributed by atoms with van der Waals surface area (Å²) in [7, 11) is 0. The molecule has 2 aromatic carbocycles. The van der Waals surface area contributed by atoms with E-state index < -0.39 is 11.7 Å². The molecular formula is C25H26N4O3. The van der Waals surface area contributed by atoms with Gasteiger partial charge in [-0.2, -0.15) is 0 Å². The van der Waals surface area contributed by atoms with Crippen molar-refractivity contribution < 1.29 is 14.4 Å². The van der Waals surface area contributed by atoms with Crippen LogP contribution in [0.4, 0.5) is 5.69 Å². The van der Waals surface area contributed by atoms with Crippen molar-refractivity contribution in [3.8, 4) is 0 Å². The van der Waals surface area contributed by atoms with Gasteiger partial charge in [0.25, 0.3) is 11.7 Å². The topological polar surface area (TPSA) is 76.7 Å². The Morgan fingerprint density at radius 3 is 2.44 bits per heavy atom. The highest BCUT2D eigenvalue weighted by Gasteiger charge is 2.31. The van der Waals surface area contributed by atoms with E-state index in [1.54, 1.807) is 4.90 Å². The van der Waals surface area contributed by atoms with Gasteiger partial charge in [0, 0.05) is 55.0 Å². The minimum absolute atomic E-state index is 0.0835. The van der Waals surface area contributed by atoms with Crippen LogP contribution >= 0.6 is 0 Å². The monoisotopic (exact) mass is 430 g/mol. The quantitative estimate of drug-likeness (QED) is 0.509. The van der Waals surface area contributed by atoms with Crippen molar-refractivity contribution >= 4 is 34.2 Å². The normalized spacial score (nSPS) is 16.4. The second kappa shape index (κ2) is 8.24. The average Bonchev–Trinajstić information content (AvgIpc) is 3.39. The van der Waals surface area contributed by atoms with Gasteiger partial charge in [0.15, 0.2) is 0 Å². The lowest BCUT2D eigenvalue weighted by Crippen LogP contribution is -2.52. The standard InChI is InChI=1S/C25H26N4O3/c1-17-23(19-7-3-4-8-20(19)26-17)24(31)25(32)28-14-12-27(13-15-28)16-22(30)29-11-10-18-6-2-5-9-21(18)29/h2-9,26H,10-16H2,1H3. The van der Waals surface area contributed by atoms with Crippen molar-refractivity contribution in [3.05, 3.63) is 65.4 Å². The van der Waals surface area contributed by atoms with Crippen LogP contribution in [0.3, 0.4) is 0 Å². The molecule has 7 heteroatoms. The third-order valence-corrected chi connectivity index (χ3v) is 6.52. The van der Waals surface area contributed by atoms with E-state index in [1.165, 1.54) is 5.56 Å². The molecule has 1 saturated heterocycles. The van der Waals surface area contributed by atoms with Crippen LogP contribution in [0, 0.1) is 6.92 Å². The zero-order valence-corrected chi connectivity index (χ0v) is 18.1. The number of para-hydroxylation sites is 2. The number of Topliss-reactive ketones (excluding diaryl/α,β-unsaturated/α-hetero) is 1. The third kappa shape index (κ3) is 3.58. The Kier molecular flexibility index (Phi) is 5.27. The number of carbonyl (C=O) groups excluding carboxylic acids is 3. The Bertz CT molecular complexity index is 1210. The van der Waals surface area contributed by atoms with E-state index >= 15 is 0 Å². The number of carbonyl (C=O) groups is 3. The van der Waals surface area contributed by atoms with Crippen LogP contribution < -0.4 is 4.90 Å². The number of benzene rings is 2. The summed E-state index contributed by atoms with van der Waals surface area (Å²) in [4.78, 5) is 47.5. The Morgan fingerprint density at radius 2 is 1.62 bits per heavy atom. The first-order valence-electron chi connectivity index (χ1n) is 11.0. The number of anilines is 1. The van der Waals surface area contributed by atoms with E-state index in [4.69, 9.17) is 0 Å². The number of amides is 2. The average molecular weight is 431 g/mol. The highest BCUT2D eigenvalue weighted by Crippen LogP contribution is 2.27. The molecule has 0 saturated carbocycles. The number of hydrogen-bond donors (Lipinski definition) is 1. The molecule has 0 bridgehead atoms. The summed E-state index contributed by atoms with van der Waals surface area (Å²) in [6, 6.07) is 15.6. The molecule has 0 aliphatic carbocycles. The first-order valence-corrected chi connectivity index (χ1v) is 11.0. The SMILES string of the molecule is Cc1[nH]c2ccccc2c1C(=O)C(=O)N1CCN(CC(=O)N2CCc3ccccc32)CC1. The molecule has 1 aromatic heterocycles. The molecule has 5 rings (SSSR count). The predicted molar refractivity (Wildman–Crippen MR) is 123 cm³/mol. The molecule has 3 aromatic rings. The second-order valence-corrected chi connectivity index (χ2v) is 8.49. The summed E-state index contributed by atoms with van der Waals surface area (Å²) >= 11 is 0. The maximum absolute atomic E-state index is 13.0. The summed E-state index contributed by atoms with van der Waals surface area (Å²) in [5, 5.41) is 0.776. The first-order chi connectivity index (χ1) is 15.5. The molecule has 1 N–H and O–H groups in total. The summed E-state index contributed by atoms with van der Waals surface area (Å²) in [5.74, 6) is -0.865. The van der Waals surface area contributed by atoms with Gasteiger partial charge in [-0.15, -0.1) is 0 Å². The van der Waals surface area contributed by atoms with Crippen LogP contribution in [0.15, 0.2) is 48.5 Å². The van der Waals surface area contributed by atoms with Crippen LogP contribution in [0.5, 0.6) is 0 Å². The van der Waals surface area contributed by atoms with Crippen molar-refractivity contribution in [1.82, 2.24) is 14.8 Å². The Balaban J connectivity index is 1.20. The molecule has 0 spiro atoms. The van der Waals surface area contributed by atoms with E-state index in [1.807, 2.05) is 54.3 Å². The minimum atomic E-state index is -0.475. The van der Waals surface area contributed by atoms with E-state index in [0.29, 0.717) is 44.0 Å². The summed E-state index contributed by atoms with van der Waals surface area (Å²) < 4.78 is 0. The molecule has 164 valence electrons. The fraction of sp³-hybridized carbons (Fsp3) is 0.320. The number of piperazine rings is 1. The van der Waals surface area contributed by atoms with Gasteiger partial charge >= 0.3 is 0 Å². The number of aryl methyl sites for hydroxylation is 1. The highest BCUT2D eigenvalue weighted by molar-refractivity contribution is 6.45. The number of aromatic nitrogens is 1. The molecule has 32 heavy (non-hydrogen) atoms. The second-order valence-electron chi connectivity index (χ2n) is 8.49. The molecule has 3 heterocycles. The highest BCUT2D eigenvalue weighted by atomic mass is 16.2. The zero-order chi connectivity index (χ0) is 22.2. The Labute approximate surface area is 186 Å². The van der Waals surface area contributed by atoms with Gasteiger partial charge in [-0.25, -0.2) is 0 Å². The molecule has 2 amide bonds. The van der Waals surface area contributed by atoms with Crippen LogP contribution in [0.2, 0.25) is 0 Å². The molecular weight excluding hydrogens is 404 g/mol. The summed E-state index contributed by atoms with van der Waals surface area (Å²) in [5.41, 5.74) is 4.23. The summed E-state index contributed by atoms with van der Waals surface area (Å²) in [6.07, 6.45) is 0.888. The van der Waals surface area contributed by atoms with Gasteiger partial charge in [-0.3, -0.25) is 19.3 Å². The molecule has 0 unspecified atom stereocenters. The fourth-order valence-electron chi connectivity index (χ4n) is 4.80. The molecule has 2 aliphatic rings.